The van der Waals surface area contributed by atoms with Crippen LogP contribution in [0.25, 0.3) is 0 Å². The lowest BCUT2D eigenvalue weighted by Crippen LogP contribution is -2.45. The topological polar surface area (TPSA) is 169 Å². The second kappa shape index (κ2) is 10.8. The summed E-state index contributed by atoms with van der Waals surface area (Å²) in [7, 11) is -4.64. The molecule has 10 nitrogen and oxygen atoms in total. The molecule has 0 fully saturated rings. The summed E-state index contributed by atoms with van der Waals surface area (Å²) in [5, 5.41) is 3.75. The third-order valence-electron chi connectivity index (χ3n) is 3.99. The van der Waals surface area contributed by atoms with Gasteiger partial charge in [0.15, 0.2) is 34.9 Å². The van der Waals surface area contributed by atoms with Crippen LogP contribution in [0.4, 0.5) is 13.2 Å². The zero-order chi connectivity index (χ0) is 24.6. The molecule has 0 aromatic heterocycles. The van der Waals surface area contributed by atoms with Crippen molar-refractivity contribution in [2.75, 3.05) is 6.54 Å². The molecule has 0 saturated carbocycles. The van der Waals surface area contributed by atoms with E-state index in [0.29, 0.717) is 12.1 Å². The van der Waals surface area contributed by atoms with E-state index in [2.05, 4.69) is 10.2 Å². The lowest BCUT2D eigenvalue weighted by Gasteiger charge is -2.17. The summed E-state index contributed by atoms with van der Waals surface area (Å²) in [4.78, 5) is 14.8. The summed E-state index contributed by atoms with van der Waals surface area (Å²) in [5.74, 6) is -6.50. The third kappa shape index (κ3) is 6.57. The highest BCUT2D eigenvalue weighted by atomic mass is 32.2. The Kier molecular flexibility index (Phi) is 7.86. The number of hydroxylamine groups is 1. The van der Waals surface area contributed by atoms with E-state index in [-0.39, 0.29) is 25.3 Å². The minimum absolute atomic E-state index is 0.0565. The zero-order valence-corrected chi connectivity index (χ0v) is 17.2. The number of halogens is 3. The second-order valence-corrected chi connectivity index (χ2v) is 8.05. The first-order valence-corrected chi connectivity index (χ1v) is 10.4. The molecule has 174 valence electrons. The van der Waals surface area contributed by atoms with Gasteiger partial charge in [0.1, 0.15) is 6.04 Å². The van der Waals surface area contributed by atoms with Crippen LogP contribution in [-0.4, -0.2) is 38.1 Å². The SMILES string of the molecule is [2H]ONC(=O)[C@H](CCCN=C(N)N)NS(=O)(=O)c1cc(F)c(Oc2ccccc2F)c(F)c1. The molecule has 1 atom stereocenters. The van der Waals surface area contributed by atoms with Crippen LogP contribution in [0.3, 0.4) is 0 Å². The maximum Gasteiger partial charge on any atom is 0.261 e. The molecule has 0 radical (unpaired) electrons. The van der Waals surface area contributed by atoms with Crippen molar-refractivity contribution in [1.82, 2.24) is 10.2 Å². The Hall–Kier alpha value is -3.36. The van der Waals surface area contributed by atoms with Crippen molar-refractivity contribution in [2.24, 2.45) is 16.5 Å². The molecule has 32 heavy (non-hydrogen) atoms. The van der Waals surface area contributed by atoms with Gasteiger partial charge in [-0.05, 0) is 37.1 Å². The first-order chi connectivity index (χ1) is 15.5. The number of para-hydroxylation sites is 1. The van der Waals surface area contributed by atoms with E-state index in [0.717, 1.165) is 12.1 Å². The standard InChI is InChI=1S/C18H20F3N5O5S/c19-11-4-1-2-6-15(11)31-16-12(20)8-10(9-13(16)21)32(29,30)26-14(17(27)25-28)5-3-7-24-18(22)23/h1-2,4,6,8-9,14,26,28H,3,5,7H2,(H,25,27)(H4,22,23,24)/t14-/m0/s1/i/hD. The normalized spacial score (nSPS) is 12.5. The minimum atomic E-state index is -4.64. The summed E-state index contributed by atoms with van der Waals surface area (Å²) < 4.78 is 81.3. The Balaban J connectivity index is 2.26. The third-order valence-corrected chi connectivity index (χ3v) is 5.44. The molecule has 0 spiro atoms. The van der Waals surface area contributed by atoms with Crippen molar-refractivity contribution in [1.29, 1.82) is 0 Å². The smallest absolute Gasteiger partial charge is 0.261 e. The minimum Gasteiger partial charge on any atom is -0.448 e. The van der Waals surface area contributed by atoms with Gasteiger partial charge in [-0.3, -0.25) is 15.0 Å². The Bertz CT molecular complexity index is 1110. The molecule has 0 bridgehead atoms. The van der Waals surface area contributed by atoms with E-state index in [1.165, 1.54) is 12.1 Å². The number of rotatable bonds is 11. The average Bonchev–Trinajstić information content (AvgIpc) is 2.73. The summed E-state index contributed by atoms with van der Waals surface area (Å²) in [6, 6.07) is 4.23. The van der Waals surface area contributed by atoms with Gasteiger partial charge >= 0.3 is 0 Å². The molecule has 0 heterocycles. The highest BCUT2D eigenvalue weighted by Gasteiger charge is 2.28. The van der Waals surface area contributed by atoms with Crippen molar-refractivity contribution in [3.05, 3.63) is 53.8 Å². The van der Waals surface area contributed by atoms with E-state index in [4.69, 9.17) is 17.6 Å². The Labute approximate surface area is 182 Å². The van der Waals surface area contributed by atoms with E-state index in [9.17, 15) is 26.4 Å². The van der Waals surface area contributed by atoms with E-state index in [1.807, 2.05) is 4.72 Å². The molecule has 0 aliphatic carbocycles. The Morgan fingerprint density at radius 3 is 2.44 bits per heavy atom. The molecule has 0 aliphatic heterocycles. The van der Waals surface area contributed by atoms with Gasteiger partial charge in [-0.2, -0.15) is 4.72 Å². The number of ether oxygens (including phenoxy) is 1. The molecule has 7 N–H and O–H groups in total. The quantitative estimate of drug-likeness (QED) is 0.106. The number of guanidine groups is 1. The first-order valence-electron chi connectivity index (χ1n) is 9.37. The number of nitrogens with two attached hydrogens (primary N) is 2. The number of sulfonamides is 1. The maximum atomic E-state index is 14.5. The first kappa shape index (κ1) is 23.3. The summed E-state index contributed by atoms with van der Waals surface area (Å²) in [6.07, 6.45) is -0.0146. The predicted octanol–water partition coefficient (Wildman–Crippen LogP) is 1.10. The van der Waals surface area contributed by atoms with Gasteiger partial charge in [0.25, 0.3) is 5.91 Å². The number of nitrogens with zero attached hydrogens (tertiary/aromatic N) is 1. The number of carbonyl (C=O) groups excluding carboxylic acids is 1. The molecular weight excluding hydrogens is 455 g/mol. The summed E-state index contributed by atoms with van der Waals surface area (Å²) in [6.45, 7) is 0.0565. The number of benzene rings is 2. The van der Waals surface area contributed by atoms with E-state index in [1.54, 1.807) is 5.48 Å². The fourth-order valence-electron chi connectivity index (χ4n) is 2.50. The van der Waals surface area contributed by atoms with Gasteiger partial charge in [0.2, 0.25) is 11.5 Å². The number of hydrogen-bond acceptors (Lipinski definition) is 6. The lowest BCUT2D eigenvalue weighted by molar-refractivity contribution is -0.131. The van der Waals surface area contributed by atoms with Gasteiger partial charge in [0.05, 0.1) is 4.90 Å². The molecule has 0 unspecified atom stereocenters. The van der Waals surface area contributed by atoms with Crippen LogP contribution >= 0.6 is 0 Å². The predicted molar refractivity (Wildman–Crippen MR) is 107 cm³/mol. The van der Waals surface area contributed by atoms with Crippen LogP contribution in [0.1, 0.15) is 12.8 Å². The van der Waals surface area contributed by atoms with Crippen LogP contribution in [0, 0.1) is 17.5 Å². The van der Waals surface area contributed by atoms with Crippen molar-refractivity contribution in [3.63, 3.8) is 0 Å². The molecule has 2 rings (SSSR count). The van der Waals surface area contributed by atoms with E-state index < -0.39 is 55.8 Å². The highest BCUT2D eigenvalue weighted by molar-refractivity contribution is 7.89. The maximum absolute atomic E-state index is 14.5. The molecule has 14 heteroatoms. The van der Waals surface area contributed by atoms with Gasteiger partial charge < -0.3 is 16.2 Å². The monoisotopic (exact) mass is 476 g/mol. The molecular formula is C18H20F3N5O5S. The van der Waals surface area contributed by atoms with Gasteiger partial charge in [0, 0.05) is 6.54 Å². The summed E-state index contributed by atoms with van der Waals surface area (Å²) in [5.41, 5.74) is 12.0. The fraction of sp³-hybridized carbons (Fsp3) is 0.222. The van der Waals surface area contributed by atoms with Crippen molar-refractivity contribution >= 4 is 21.9 Å². The van der Waals surface area contributed by atoms with Crippen LogP contribution in [-0.2, 0) is 14.8 Å². The molecule has 1 amide bonds. The van der Waals surface area contributed by atoms with Gasteiger partial charge in [-0.15, -0.1) is 0 Å². The zero-order valence-electron chi connectivity index (χ0n) is 17.3. The molecule has 0 saturated heterocycles. The molecule has 2 aromatic carbocycles. The van der Waals surface area contributed by atoms with Crippen molar-refractivity contribution in [3.8, 4) is 11.5 Å². The fourth-order valence-corrected chi connectivity index (χ4v) is 3.75. The van der Waals surface area contributed by atoms with E-state index >= 15 is 0 Å². The van der Waals surface area contributed by atoms with Crippen LogP contribution in [0.5, 0.6) is 11.5 Å². The Morgan fingerprint density at radius 1 is 1.19 bits per heavy atom. The number of carbonyl (C=O) groups is 1. The van der Waals surface area contributed by atoms with Crippen LogP contribution in [0.2, 0.25) is 1.43 Å². The lowest BCUT2D eigenvalue weighted by atomic mass is 10.1. The van der Waals surface area contributed by atoms with Gasteiger partial charge in [-0.25, -0.2) is 27.1 Å². The highest BCUT2D eigenvalue weighted by Crippen LogP contribution is 2.31. The van der Waals surface area contributed by atoms with Crippen LogP contribution in [0.15, 0.2) is 46.3 Å². The molecule has 2 aromatic rings. The number of nitrogens with one attached hydrogen (secondary N) is 2. The average molecular weight is 476 g/mol. The number of hydrogen-bond donors (Lipinski definition) is 5. The molecule has 0 aliphatic rings. The number of amides is 1. The van der Waals surface area contributed by atoms with Gasteiger partial charge in [-0.1, -0.05) is 12.1 Å². The second-order valence-electron chi connectivity index (χ2n) is 6.34. The van der Waals surface area contributed by atoms with Crippen molar-refractivity contribution < 1.29 is 37.8 Å². The largest absolute Gasteiger partial charge is 0.448 e. The number of aliphatic imine (C=N–C) groups is 1. The van der Waals surface area contributed by atoms with Crippen molar-refractivity contribution in [2.45, 2.75) is 23.8 Å². The Morgan fingerprint density at radius 2 is 1.84 bits per heavy atom. The summed E-state index contributed by atoms with van der Waals surface area (Å²) >= 11 is 0. The van der Waals surface area contributed by atoms with Crippen LogP contribution < -0.4 is 26.4 Å².